The summed E-state index contributed by atoms with van der Waals surface area (Å²) in [5, 5.41) is 3.67. The third-order valence-corrected chi connectivity index (χ3v) is 5.39. The highest BCUT2D eigenvalue weighted by atomic mass is 127. The Hall–Kier alpha value is -0.720. The van der Waals surface area contributed by atoms with Crippen LogP contribution >= 0.6 is 24.0 Å². The van der Waals surface area contributed by atoms with E-state index in [9.17, 15) is 0 Å². The molecular formula is C18H28IN3O. The molecule has 5 heteroatoms. The zero-order valence-corrected chi connectivity index (χ0v) is 16.1. The molecule has 3 fully saturated rings. The molecule has 2 heterocycles. The van der Waals surface area contributed by atoms with Gasteiger partial charge in [0.2, 0.25) is 0 Å². The summed E-state index contributed by atoms with van der Waals surface area (Å²) < 4.78 is 5.41. The second-order valence-corrected chi connectivity index (χ2v) is 7.16. The molecule has 2 aliphatic carbocycles. The zero-order valence-electron chi connectivity index (χ0n) is 13.7. The molecule has 3 aliphatic rings. The summed E-state index contributed by atoms with van der Waals surface area (Å²) in [4.78, 5) is 7.42. The molecule has 4 rings (SSSR count). The minimum Gasteiger partial charge on any atom is -0.469 e. The number of likely N-dealkylation sites (tertiary alicyclic amines) is 1. The van der Waals surface area contributed by atoms with Gasteiger partial charge in [0.15, 0.2) is 5.96 Å². The van der Waals surface area contributed by atoms with E-state index < -0.39 is 0 Å². The first-order valence-electron chi connectivity index (χ1n) is 8.97. The molecule has 4 nitrogen and oxygen atoms in total. The maximum atomic E-state index is 5.41. The summed E-state index contributed by atoms with van der Waals surface area (Å²) in [6.45, 7) is 3.24. The van der Waals surface area contributed by atoms with Gasteiger partial charge in [-0.3, -0.25) is 4.99 Å². The number of guanidine groups is 1. The number of hydrogen-bond donors (Lipinski definition) is 1. The summed E-state index contributed by atoms with van der Waals surface area (Å²) in [6.07, 6.45) is 10.9. The van der Waals surface area contributed by atoms with E-state index in [0.717, 1.165) is 36.5 Å². The van der Waals surface area contributed by atoms with Crippen LogP contribution in [0.5, 0.6) is 0 Å². The largest absolute Gasteiger partial charge is 0.469 e. The molecule has 0 radical (unpaired) electrons. The molecule has 0 spiro atoms. The maximum Gasteiger partial charge on any atom is 0.194 e. The van der Waals surface area contributed by atoms with E-state index in [0.29, 0.717) is 6.04 Å². The molecule has 0 amide bonds. The van der Waals surface area contributed by atoms with Crippen molar-refractivity contribution in [2.24, 2.45) is 16.8 Å². The molecule has 1 aromatic rings. The van der Waals surface area contributed by atoms with Gasteiger partial charge >= 0.3 is 0 Å². The predicted molar refractivity (Wildman–Crippen MR) is 103 cm³/mol. The van der Waals surface area contributed by atoms with Crippen LogP contribution in [0.4, 0.5) is 0 Å². The summed E-state index contributed by atoms with van der Waals surface area (Å²) in [7, 11) is 0. The Balaban J connectivity index is 0.00000156. The van der Waals surface area contributed by atoms with Crippen molar-refractivity contribution in [3.05, 3.63) is 24.2 Å². The van der Waals surface area contributed by atoms with Gasteiger partial charge in [0.1, 0.15) is 5.76 Å². The molecule has 1 saturated heterocycles. The fourth-order valence-corrected chi connectivity index (χ4v) is 3.95. The van der Waals surface area contributed by atoms with E-state index in [1.54, 1.807) is 6.26 Å². The van der Waals surface area contributed by atoms with Crippen molar-refractivity contribution in [2.75, 3.05) is 19.6 Å². The van der Waals surface area contributed by atoms with Crippen LogP contribution in [0.1, 0.15) is 44.3 Å². The number of hydrogen-bond acceptors (Lipinski definition) is 2. The van der Waals surface area contributed by atoms with E-state index in [-0.39, 0.29) is 24.0 Å². The van der Waals surface area contributed by atoms with E-state index in [1.807, 2.05) is 12.1 Å². The minimum atomic E-state index is 0. The highest BCUT2D eigenvalue weighted by Gasteiger charge is 2.36. The van der Waals surface area contributed by atoms with Gasteiger partial charge in [0.05, 0.1) is 6.26 Å². The van der Waals surface area contributed by atoms with Crippen LogP contribution in [-0.4, -0.2) is 36.5 Å². The highest BCUT2D eigenvalue weighted by Crippen LogP contribution is 2.36. The zero-order chi connectivity index (χ0) is 14.8. The predicted octanol–water partition coefficient (Wildman–Crippen LogP) is 3.67. The summed E-state index contributed by atoms with van der Waals surface area (Å²) in [5.74, 6) is 4.00. The molecule has 2 saturated carbocycles. The van der Waals surface area contributed by atoms with Crippen molar-refractivity contribution in [3.63, 3.8) is 0 Å². The summed E-state index contributed by atoms with van der Waals surface area (Å²) >= 11 is 0. The minimum absolute atomic E-state index is 0. The Bertz CT molecular complexity index is 498. The SMILES string of the molecule is I.c1coc(CCN=C(NC2CC2)N2CC3CCCCC3C2)c1. The van der Waals surface area contributed by atoms with Gasteiger partial charge in [-0.25, -0.2) is 0 Å². The number of furan rings is 1. The Kier molecular flexibility index (Phi) is 5.88. The molecule has 0 bridgehead atoms. The second kappa shape index (κ2) is 7.90. The summed E-state index contributed by atoms with van der Waals surface area (Å²) in [6, 6.07) is 4.66. The van der Waals surface area contributed by atoms with Gasteiger partial charge in [-0.2, -0.15) is 0 Å². The first-order valence-corrected chi connectivity index (χ1v) is 8.97. The first kappa shape index (κ1) is 17.1. The van der Waals surface area contributed by atoms with Crippen molar-refractivity contribution >= 4 is 29.9 Å². The van der Waals surface area contributed by atoms with E-state index in [1.165, 1.54) is 51.6 Å². The molecule has 23 heavy (non-hydrogen) atoms. The number of nitrogens with zero attached hydrogens (tertiary/aromatic N) is 2. The average Bonchev–Trinajstić information content (AvgIpc) is 3.03. The van der Waals surface area contributed by atoms with Crippen molar-refractivity contribution in [3.8, 4) is 0 Å². The highest BCUT2D eigenvalue weighted by molar-refractivity contribution is 14.0. The molecule has 128 valence electrons. The van der Waals surface area contributed by atoms with Crippen molar-refractivity contribution in [2.45, 2.75) is 51.0 Å². The van der Waals surface area contributed by atoms with Crippen LogP contribution < -0.4 is 5.32 Å². The van der Waals surface area contributed by atoms with Crippen LogP contribution in [0.15, 0.2) is 27.8 Å². The topological polar surface area (TPSA) is 40.8 Å². The van der Waals surface area contributed by atoms with Crippen molar-refractivity contribution in [1.29, 1.82) is 0 Å². The second-order valence-electron chi connectivity index (χ2n) is 7.16. The van der Waals surface area contributed by atoms with E-state index in [2.05, 4.69) is 10.2 Å². The monoisotopic (exact) mass is 429 g/mol. The van der Waals surface area contributed by atoms with Gasteiger partial charge in [-0.05, 0) is 49.7 Å². The maximum absolute atomic E-state index is 5.41. The Morgan fingerprint density at radius 2 is 1.91 bits per heavy atom. The number of halogens is 1. The number of rotatable bonds is 4. The molecule has 1 aromatic heterocycles. The van der Waals surface area contributed by atoms with Crippen molar-refractivity contribution < 1.29 is 4.42 Å². The van der Waals surface area contributed by atoms with Gasteiger partial charge in [0.25, 0.3) is 0 Å². The van der Waals surface area contributed by atoms with Crippen LogP contribution in [-0.2, 0) is 6.42 Å². The van der Waals surface area contributed by atoms with Crippen LogP contribution in [0.2, 0.25) is 0 Å². The normalized spacial score (nSPS) is 27.5. The fourth-order valence-electron chi connectivity index (χ4n) is 3.95. The Labute approximate surface area is 156 Å². The third kappa shape index (κ3) is 4.43. The molecule has 1 aliphatic heterocycles. The fraction of sp³-hybridized carbons (Fsp3) is 0.722. The van der Waals surface area contributed by atoms with Gasteiger partial charge < -0.3 is 14.6 Å². The number of aliphatic imine (C=N–C) groups is 1. The van der Waals surface area contributed by atoms with Crippen LogP contribution in [0.25, 0.3) is 0 Å². The lowest BCUT2D eigenvalue weighted by Gasteiger charge is -2.22. The van der Waals surface area contributed by atoms with Crippen LogP contribution in [0, 0.1) is 11.8 Å². The van der Waals surface area contributed by atoms with Crippen molar-refractivity contribution in [1.82, 2.24) is 10.2 Å². The smallest absolute Gasteiger partial charge is 0.194 e. The first-order chi connectivity index (χ1) is 10.9. The van der Waals surface area contributed by atoms with Gasteiger partial charge in [-0.1, -0.05) is 12.8 Å². The third-order valence-electron chi connectivity index (χ3n) is 5.39. The molecule has 1 N–H and O–H groups in total. The standard InChI is InChI=1S/C18H27N3O.HI/c1-2-5-15-13-21(12-14(15)4-1)18(20-16-7-8-16)19-10-9-17-6-3-11-22-17;/h3,6,11,14-16H,1-2,4-5,7-10,12-13H2,(H,19,20);1H. The lowest BCUT2D eigenvalue weighted by Crippen LogP contribution is -2.41. The van der Waals surface area contributed by atoms with E-state index in [4.69, 9.17) is 9.41 Å². The molecule has 2 atom stereocenters. The number of fused-ring (bicyclic) bond motifs is 1. The van der Waals surface area contributed by atoms with E-state index >= 15 is 0 Å². The molecule has 2 unspecified atom stereocenters. The van der Waals surface area contributed by atoms with Crippen LogP contribution in [0.3, 0.4) is 0 Å². The molecular weight excluding hydrogens is 401 g/mol. The average molecular weight is 429 g/mol. The lowest BCUT2D eigenvalue weighted by atomic mass is 9.82. The molecule has 0 aromatic carbocycles. The summed E-state index contributed by atoms with van der Waals surface area (Å²) in [5.41, 5.74) is 0. The Morgan fingerprint density at radius 1 is 1.17 bits per heavy atom. The number of nitrogens with one attached hydrogen (secondary N) is 1. The van der Waals surface area contributed by atoms with Gasteiger partial charge in [0, 0.05) is 32.1 Å². The quantitative estimate of drug-likeness (QED) is 0.451. The van der Waals surface area contributed by atoms with Gasteiger partial charge in [-0.15, -0.1) is 24.0 Å². The lowest BCUT2D eigenvalue weighted by molar-refractivity contribution is 0.299. The Morgan fingerprint density at radius 3 is 2.52 bits per heavy atom.